The summed E-state index contributed by atoms with van der Waals surface area (Å²) >= 11 is 1.49. The molecule has 1 aromatic carbocycles. The highest BCUT2D eigenvalue weighted by Gasteiger charge is 2.16. The SMILES string of the molecule is CCc1nc2scc(-c3ccccc3)c2c(=O)n1CCCC(N)=O. The molecule has 2 aromatic heterocycles. The summed E-state index contributed by atoms with van der Waals surface area (Å²) in [5.74, 6) is 0.397. The Labute approximate surface area is 143 Å². The van der Waals surface area contributed by atoms with Crippen LogP contribution >= 0.6 is 11.3 Å². The van der Waals surface area contributed by atoms with E-state index < -0.39 is 0 Å². The van der Waals surface area contributed by atoms with Gasteiger partial charge in [-0.1, -0.05) is 37.3 Å². The van der Waals surface area contributed by atoms with E-state index in [9.17, 15) is 9.59 Å². The van der Waals surface area contributed by atoms with Crippen LogP contribution in [0.15, 0.2) is 40.5 Å². The Balaban J connectivity index is 2.12. The predicted octanol–water partition coefficient (Wildman–Crippen LogP) is 2.95. The molecule has 0 saturated carbocycles. The molecule has 0 saturated heterocycles. The molecule has 0 aliphatic heterocycles. The molecule has 6 heteroatoms. The summed E-state index contributed by atoms with van der Waals surface area (Å²) in [5, 5.41) is 2.64. The molecule has 3 aromatic rings. The zero-order valence-corrected chi connectivity index (χ0v) is 14.3. The number of amides is 1. The summed E-state index contributed by atoms with van der Waals surface area (Å²) < 4.78 is 1.68. The number of aromatic nitrogens is 2. The van der Waals surface area contributed by atoms with E-state index in [2.05, 4.69) is 4.98 Å². The highest BCUT2D eigenvalue weighted by atomic mass is 32.1. The Morgan fingerprint density at radius 1 is 1.29 bits per heavy atom. The van der Waals surface area contributed by atoms with Gasteiger partial charge in [-0.2, -0.15) is 0 Å². The van der Waals surface area contributed by atoms with Crippen molar-refractivity contribution in [1.29, 1.82) is 0 Å². The van der Waals surface area contributed by atoms with Gasteiger partial charge in [-0.05, 0) is 12.0 Å². The van der Waals surface area contributed by atoms with Gasteiger partial charge in [0.2, 0.25) is 5.91 Å². The molecule has 0 unspecified atom stereocenters. The highest BCUT2D eigenvalue weighted by molar-refractivity contribution is 7.17. The Morgan fingerprint density at radius 3 is 2.71 bits per heavy atom. The second kappa shape index (κ2) is 6.97. The lowest BCUT2D eigenvalue weighted by Crippen LogP contribution is -2.25. The Bertz CT molecular complexity index is 929. The Kier molecular flexibility index (Phi) is 4.76. The van der Waals surface area contributed by atoms with Crippen molar-refractivity contribution in [2.24, 2.45) is 5.73 Å². The van der Waals surface area contributed by atoms with Crippen molar-refractivity contribution >= 4 is 27.5 Å². The lowest BCUT2D eigenvalue weighted by molar-refractivity contribution is -0.118. The van der Waals surface area contributed by atoms with Crippen molar-refractivity contribution in [3.8, 4) is 11.1 Å². The number of aryl methyl sites for hydroxylation is 1. The first-order valence-electron chi connectivity index (χ1n) is 7.96. The minimum atomic E-state index is -0.351. The van der Waals surface area contributed by atoms with Crippen LogP contribution in [-0.2, 0) is 17.8 Å². The Morgan fingerprint density at radius 2 is 2.04 bits per heavy atom. The van der Waals surface area contributed by atoms with Gasteiger partial charge in [-0.25, -0.2) is 4.98 Å². The zero-order chi connectivity index (χ0) is 17.1. The molecule has 0 atom stereocenters. The van der Waals surface area contributed by atoms with E-state index in [1.807, 2.05) is 42.6 Å². The maximum atomic E-state index is 13.1. The van der Waals surface area contributed by atoms with E-state index >= 15 is 0 Å². The van der Waals surface area contributed by atoms with Crippen LogP contribution in [0.2, 0.25) is 0 Å². The van der Waals surface area contributed by atoms with Crippen molar-refractivity contribution in [2.45, 2.75) is 32.7 Å². The minimum Gasteiger partial charge on any atom is -0.370 e. The Hall–Kier alpha value is -2.47. The van der Waals surface area contributed by atoms with Crippen molar-refractivity contribution < 1.29 is 4.79 Å². The van der Waals surface area contributed by atoms with Crippen LogP contribution < -0.4 is 11.3 Å². The average molecular weight is 341 g/mol. The van der Waals surface area contributed by atoms with E-state index in [-0.39, 0.29) is 17.9 Å². The van der Waals surface area contributed by atoms with Crippen LogP contribution in [0.4, 0.5) is 0 Å². The van der Waals surface area contributed by atoms with Gasteiger partial charge in [0, 0.05) is 30.3 Å². The molecule has 0 fully saturated rings. The van der Waals surface area contributed by atoms with Gasteiger partial charge in [0.05, 0.1) is 5.39 Å². The van der Waals surface area contributed by atoms with Gasteiger partial charge in [0.25, 0.3) is 5.56 Å². The van der Waals surface area contributed by atoms with E-state index in [1.165, 1.54) is 11.3 Å². The van der Waals surface area contributed by atoms with Crippen LogP contribution in [-0.4, -0.2) is 15.5 Å². The number of thiophene rings is 1. The average Bonchev–Trinajstić information content (AvgIpc) is 3.01. The molecule has 2 heterocycles. The summed E-state index contributed by atoms with van der Waals surface area (Å²) in [6, 6.07) is 9.85. The molecule has 24 heavy (non-hydrogen) atoms. The molecule has 2 N–H and O–H groups in total. The summed E-state index contributed by atoms with van der Waals surface area (Å²) in [6.45, 7) is 2.43. The number of primary amides is 1. The third-order valence-corrected chi connectivity index (χ3v) is 4.85. The number of rotatable bonds is 6. The van der Waals surface area contributed by atoms with Crippen LogP contribution in [0, 0.1) is 0 Å². The maximum Gasteiger partial charge on any atom is 0.262 e. The third-order valence-electron chi connectivity index (χ3n) is 3.98. The number of nitrogens with two attached hydrogens (primary N) is 1. The van der Waals surface area contributed by atoms with Gasteiger partial charge in [-0.15, -0.1) is 11.3 Å². The monoisotopic (exact) mass is 341 g/mol. The van der Waals surface area contributed by atoms with Gasteiger partial charge in [0.1, 0.15) is 10.7 Å². The molecular formula is C18H19N3O2S. The number of hydrogen-bond acceptors (Lipinski definition) is 4. The fraction of sp³-hybridized carbons (Fsp3) is 0.278. The van der Waals surface area contributed by atoms with Gasteiger partial charge in [-0.3, -0.25) is 14.2 Å². The van der Waals surface area contributed by atoms with E-state index in [4.69, 9.17) is 5.73 Å². The molecule has 0 radical (unpaired) electrons. The van der Waals surface area contributed by atoms with E-state index in [0.29, 0.717) is 24.8 Å². The molecule has 0 bridgehead atoms. The normalized spacial score (nSPS) is 11.0. The molecule has 0 spiro atoms. The van der Waals surface area contributed by atoms with Crippen LogP contribution in [0.3, 0.4) is 0 Å². The predicted molar refractivity (Wildman–Crippen MR) is 97.1 cm³/mol. The van der Waals surface area contributed by atoms with Crippen molar-refractivity contribution in [3.63, 3.8) is 0 Å². The number of benzene rings is 1. The third kappa shape index (κ3) is 3.10. The molecular weight excluding hydrogens is 322 g/mol. The molecule has 0 aliphatic rings. The first-order valence-corrected chi connectivity index (χ1v) is 8.84. The molecule has 3 rings (SSSR count). The number of fused-ring (bicyclic) bond motifs is 1. The van der Waals surface area contributed by atoms with Crippen LogP contribution in [0.25, 0.3) is 21.3 Å². The number of hydrogen-bond donors (Lipinski definition) is 1. The molecule has 5 nitrogen and oxygen atoms in total. The van der Waals surface area contributed by atoms with Crippen molar-refractivity contribution in [2.75, 3.05) is 0 Å². The molecule has 0 aliphatic carbocycles. The van der Waals surface area contributed by atoms with Gasteiger partial charge < -0.3 is 5.73 Å². The first-order chi connectivity index (χ1) is 11.6. The highest BCUT2D eigenvalue weighted by Crippen LogP contribution is 2.30. The molecule has 124 valence electrons. The van der Waals surface area contributed by atoms with Crippen molar-refractivity contribution in [1.82, 2.24) is 9.55 Å². The lowest BCUT2D eigenvalue weighted by atomic mass is 10.1. The fourth-order valence-electron chi connectivity index (χ4n) is 2.81. The minimum absolute atomic E-state index is 0.0403. The van der Waals surface area contributed by atoms with Gasteiger partial charge in [0.15, 0.2) is 0 Å². The first kappa shape index (κ1) is 16.4. The van der Waals surface area contributed by atoms with Crippen molar-refractivity contribution in [3.05, 3.63) is 51.9 Å². The number of nitrogens with zero attached hydrogens (tertiary/aromatic N) is 2. The van der Waals surface area contributed by atoms with E-state index in [1.54, 1.807) is 4.57 Å². The second-order valence-corrected chi connectivity index (χ2v) is 6.46. The second-order valence-electron chi connectivity index (χ2n) is 5.60. The largest absolute Gasteiger partial charge is 0.370 e. The smallest absolute Gasteiger partial charge is 0.262 e. The fourth-order valence-corrected chi connectivity index (χ4v) is 3.77. The number of carbonyl (C=O) groups excluding carboxylic acids is 1. The van der Waals surface area contributed by atoms with Crippen LogP contribution in [0.1, 0.15) is 25.6 Å². The quantitative estimate of drug-likeness (QED) is 0.749. The van der Waals surface area contributed by atoms with Crippen LogP contribution in [0.5, 0.6) is 0 Å². The van der Waals surface area contributed by atoms with Gasteiger partial charge >= 0.3 is 0 Å². The standard InChI is InChI=1S/C18H19N3O2S/c1-2-15-20-17-16(18(23)21(15)10-6-9-14(19)22)13(11-24-17)12-7-4-3-5-8-12/h3-5,7-8,11H,2,6,9-10H2,1H3,(H2,19,22). The summed E-state index contributed by atoms with van der Waals surface area (Å²) in [5.41, 5.74) is 7.08. The number of carbonyl (C=O) groups is 1. The molecule has 1 amide bonds. The summed E-state index contributed by atoms with van der Waals surface area (Å²) in [4.78, 5) is 29.4. The van der Waals surface area contributed by atoms with E-state index in [0.717, 1.165) is 21.8 Å². The maximum absolute atomic E-state index is 13.1. The summed E-state index contributed by atoms with van der Waals surface area (Å²) in [7, 11) is 0. The lowest BCUT2D eigenvalue weighted by Gasteiger charge is -2.11. The topological polar surface area (TPSA) is 78.0 Å². The zero-order valence-electron chi connectivity index (χ0n) is 13.5. The summed E-state index contributed by atoms with van der Waals surface area (Å²) in [6.07, 6.45) is 1.48.